The number of aromatic nitrogens is 1. The number of carbonyl (C=O) groups excluding carboxylic acids is 2. The second kappa shape index (κ2) is 12.4. The first-order valence-electron chi connectivity index (χ1n) is 14.1. The molecule has 1 fully saturated rings. The average molecular weight is 569 g/mol. The molecule has 0 bridgehead atoms. The van der Waals surface area contributed by atoms with Crippen LogP contribution < -0.4 is 24.8 Å². The maximum absolute atomic E-state index is 13.0. The van der Waals surface area contributed by atoms with Crippen LogP contribution >= 0.6 is 0 Å². The largest absolute Gasteiger partial charge is 0.493 e. The third kappa shape index (κ3) is 5.81. The van der Waals surface area contributed by atoms with Crippen LogP contribution in [-0.2, 0) is 4.79 Å². The Balaban J connectivity index is 1.47. The lowest BCUT2D eigenvalue weighted by Gasteiger charge is -2.32. The zero-order valence-electron chi connectivity index (χ0n) is 24.4. The van der Waals surface area contributed by atoms with Crippen molar-refractivity contribution >= 4 is 34.2 Å². The normalized spacial score (nSPS) is 13.6. The Hall–Kier alpha value is -4.79. The molecule has 0 spiro atoms. The van der Waals surface area contributed by atoms with E-state index in [1.54, 1.807) is 20.4 Å². The highest BCUT2D eigenvalue weighted by molar-refractivity contribution is 6.06. The quantitative estimate of drug-likeness (QED) is 0.270. The number of ether oxygens (including phenoxy) is 3. The van der Waals surface area contributed by atoms with Crippen molar-refractivity contribution in [1.29, 1.82) is 0 Å². The van der Waals surface area contributed by atoms with Gasteiger partial charge in [-0.1, -0.05) is 18.6 Å². The predicted octanol–water partition coefficient (Wildman–Crippen LogP) is 6.22. The van der Waals surface area contributed by atoms with Crippen molar-refractivity contribution in [3.8, 4) is 28.4 Å². The summed E-state index contributed by atoms with van der Waals surface area (Å²) >= 11 is 0. The zero-order valence-corrected chi connectivity index (χ0v) is 24.4. The van der Waals surface area contributed by atoms with E-state index in [2.05, 4.69) is 4.98 Å². The van der Waals surface area contributed by atoms with E-state index < -0.39 is 6.03 Å². The van der Waals surface area contributed by atoms with Crippen LogP contribution in [0.2, 0.25) is 0 Å². The highest BCUT2D eigenvalue weighted by atomic mass is 16.5. The van der Waals surface area contributed by atoms with E-state index in [9.17, 15) is 9.59 Å². The zero-order chi connectivity index (χ0) is 29.8. The Morgan fingerprint density at radius 3 is 2.29 bits per heavy atom. The summed E-state index contributed by atoms with van der Waals surface area (Å²) in [7, 11) is 3.18. The lowest BCUT2D eigenvalue weighted by atomic mass is 9.97. The van der Waals surface area contributed by atoms with E-state index in [1.165, 1.54) is 4.90 Å². The van der Waals surface area contributed by atoms with Gasteiger partial charge in [0.2, 0.25) is 5.91 Å². The van der Waals surface area contributed by atoms with Crippen molar-refractivity contribution in [2.45, 2.75) is 39.2 Å². The van der Waals surface area contributed by atoms with Gasteiger partial charge in [0, 0.05) is 55.6 Å². The standard InChI is InChI=1S/C33H36N4O5/c1-5-32(38)36-16-13-24(14-17-36)42-23-9-7-22(8-10-23)37(33(34)39)29-11-6-21(2)18-27(29)25-12-15-35-28-20-31(41-4)30(40-3)19-26(25)28/h6-12,15,18-20,24H,5,13-14,16-17H2,1-4H3,(H2,34,39). The SMILES string of the molecule is CCC(=O)N1CCC(Oc2ccc(N(C(N)=O)c3ccc(C)cc3-c3ccnc4cc(OC)c(OC)cc34)cc2)CC1. The van der Waals surface area contributed by atoms with E-state index in [0.717, 1.165) is 40.4 Å². The van der Waals surface area contributed by atoms with Crippen LogP contribution in [0.15, 0.2) is 66.9 Å². The summed E-state index contributed by atoms with van der Waals surface area (Å²) in [5, 5.41) is 0.849. The first-order valence-corrected chi connectivity index (χ1v) is 14.1. The van der Waals surface area contributed by atoms with Gasteiger partial charge in [-0.25, -0.2) is 4.79 Å². The third-order valence-electron chi connectivity index (χ3n) is 7.65. The molecule has 3 amide bonds. The number of benzene rings is 3. The third-order valence-corrected chi connectivity index (χ3v) is 7.65. The van der Waals surface area contributed by atoms with Crippen LogP contribution in [0.4, 0.5) is 16.2 Å². The van der Waals surface area contributed by atoms with E-state index >= 15 is 0 Å². The fourth-order valence-electron chi connectivity index (χ4n) is 5.47. The lowest BCUT2D eigenvalue weighted by Crippen LogP contribution is -2.41. The van der Waals surface area contributed by atoms with Gasteiger partial charge < -0.3 is 24.8 Å². The van der Waals surface area contributed by atoms with Gasteiger partial charge in [0.15, 0.2) is 11.5 Å². The molecule has 2 N–H and O–H groups in total. The van der Waals surface area contributed by atoms with Gasteiger partial charge in [0.25, 0.3) is 0 Å². The van der Waals surface area contributed by atoms with Gasteiger partial charge in [-0.2, -0.15) is 0 Å². The molecule has 9 nitrogen and oxygen atoms in total. The second-order valence-corrected chi connectivity index (χ2v) is 10.3. The maximum atomic E-state index is 13.0. The molecule has 2 heterocycles. The van der Waals surface area contributed by atoms with Crippen molar-refractivity contribution in [3.63, 3.8) is 0 Å². The molecular formula is C33H36N4O5. The molecule has 0 radical (unpaired) electrons. The molecule has 0 aliphatic carbocycles. The number of nitrogens with two attached hydrogens (primary N) is 1. The first kappa shape index (κ1) is 28.7. The number of methoxy groups -OCH3 is 2. The molecule has 5 rings (SSSR count). The topological polar surface area (TPSA) is 107 Å². The Morgan fingerprint density at radius 1 is 0.952 bits per heavy atom. The number of pyridine rings is 1. The highest BCUT2D eigenvalue weighted by Crippen LogP contribution is 2.41. The summed E-state index contributed by atoms with van der Waals surface area (Å²) in [4.78, 5) is 32.9. The van der Waals surface area contributed by atoms with Crippen LogP contribution in [0, 0.1) is 6.92 Å². The van der Waals surface area contributed by atoms with Gasteiger partial charge >= 0.3 is 6.03 Å². The van der Waals surface area contributed by atoms with Crippen molar-refractivity contribution in [1.82, 2.24) is 9.88 Å². The molecule has 1 saturated heterocycles. The number of nitrogens with zero attached hydrogens (tertiary/aromatic N) is 3. The molecule has 4 aromatic rings. The van der Waals surface area contributed by atoms with E-state index in [1.807, 2.05) is 79.4 Å². The van der Waals surface area contributed by atoms with Gasteiger partial charge in [0.05, 0.1) is 31.1 Å². The number of rotatable bonds is 8. The molecule has 9 heteroatoms. The number of fused-ring (bicyclic) bond motifs is 1. The van der Waals surface area contributed by atoms with Crippen LogP contribution in [0.5, 0.6) is 17.2 Å². The average Bonchev–Trinajstić information content (AvgIpc) is 3.01. The fourth-order valence-corrected chi connectivity index (χ4v) is 5.47. The van der Waals surface area contributed by atoms with Crippen molar-refractivity contribution < 1.29 is 23.8 Å². The van der Waals surface area contributed by atoms with Crippen molar-refractivity contribution in [2.24, 2.45) is 5.73 Å². The molecule has 1 aromatic heterocycles. The number of piperidine rings is 1. The number of anilines is 2. The number of likely N-dealkylation sites (tertiary alicyclic amines) is 1. The minimum Gasteiger partial charge on any atom is -0.493 e. The molecule has 42 heavy (non-hydrogen) atoms. The second-order valence-electron chi connectivity index (χ2n) is 10.3. The number of hydrogen-bond donors (Lipinski definition) is 1. The predicted molar refractivity (Wildman–Crippen MR) is 164 cm³/mol. The molecule has 0 atom stereocenters. The number of urea groups is 1. The summed E-state index contributed by atoms with van der Waals surface area (Å²) in [6, 6.07) is 18.3. The van der Waals surface area contributed by atoms with Crippen molar-refractivity contribution in [2.75, 3.05) is 32.2 Å². The summed E-state index contributed by atoms with van der Waals surface area (Å²) < 4.78 is 17.3. The maximum Gasteiger partial charge on any atom is 0.323 e. The van der Waals surface area contributed by atoms with Crippen LogP contribution in [0.3, 0.4) is 0 Å². The molecular weight excluding hydrogens is 532 g/mol. The van der Waals surface area contributed by atoms with E-state index in [4.69, 9.17) is 19.9 Å². The number of primary amides is 1. The number of hydrogen-bond acceptors (Lipinski definition) is 6. The highest BCUT2D eigenvalue weighted by Gasteiger charge is 2.24. The summed E-state index contributed by atoms with van der Waals surface area (Å²) in [5.41, 5.74) is 10.7. The Bertz CT molecular complexity index is 1600. The Morgan fingerprint density at radius 2 is 1.64 bits per heavy atom. The minimum absolute atomic E-state index is 0.0308. The summed E-state index contributed by atoms with van der Waals surface area (Å²) in [6.07, 6.45) is 3.85. The molecule has 218 valence electrons. The van der Waals surface area contributed by atoms with Gasteiger partial charge in [-0.05, 0) is 61.0 Å². The lowest BCUT2D eigenvalue weighted by molar-refractivity contribution is -0.132. The van der Waals surface area contributed by atoms with E-state index in [-0.39, 0.29) is 12.0 Å². The summed E-state index contributed by atoms with van der Waals surface area (Å²) in [6.45, 7) is 5.28. The Kier molecular flexibility index (Phi) is 8.47. The molecule has 1 aliphatic rings. The smallest absolute Gasteiger partial charge is 0.323 e. The van der Waals surface area contributed by atoms with Crippen LogP contribution in [0.25, 0.3) is 22.0 Å². The van der Waals surface area contributed by atoms with Crippen molar-refractivity contribution in [3.05, 3.63) is 72.4 Å². The number of aryl methyl sites for hydroxylation is 1. The minimum atomic E-state index is -0.612. The first-order chi connectivity index (χ1) is 20.3. The monoisotopic (exact) mass is 568 g/mol. The molecule has 0 unspecified atom stereocenters. The van der Waals surface area contributed by atoms with E-state index in [0.29, 0.717) is 48.1 Å². The number of amides is 3. The molecule has 0 saturated carbocycles. The number of carbonyl (C=O) groups is 2. The van der Waals surface area contributed by atoms with Gasteiger partial charge in [0.1, 0.15) is 11.9 Å². The van der Waals surface area contributed by atoms with Gasteiger partial charge in [-0.15, -0.1) is 0 Å². The fraction of sp³-hybridized carbons (Fsp3) is 0.303. The van der Waals surface area contributed by atoms with Crippen LogP contribution in [0.1, 0.15) is 31.7 Å². The van der Waals surface area contributed by atoms with Crippen LogP contribution in [-0.4, -0.2) is 55.2 Å². The molecule has 3 aromatic carbocycles. The molecule has 1 aliphatic heterocycles. The van der Waals surface area contributed by atoms with Gasteiger partial charge in [-0.3, -0.25) is 14.7 Å². The Labute approximate surface area is 245 Å². The summed E-state index contributed by atoms with van der Waals surface area (Å²) in [5.74, 6) is 2.05.